The maximum atomic E-state index is 12.4. The van der Waals surface area contributed by atoms with Crippen molar-refractivity contribution in [2.24, 2.45) is 4.99 Å². The van der Waals surface area contributed by atoms with Crippen molar-refractivity contribution in [2.75, 3.05) is 0 Å². The largest absolute Gasteiger partial charge is 0.507 e. The Morgan fingerprint density at radius 2 is 2.00 bits per heavy atom. The quantitative estimate of drug-likeness (QED) is 0.440. The van der Waals surface area contributed by atoms with Gasteiger partial charge in [0.05, 0.1) is 23.6 Å². The number of carbonyl (C=O) groups is 1. The van der Waals surface area contributed by atoms with Crippen molar-refractivity contribution in [2.45, 2.75) is 6.54 Å². The number of H-pyrrole nitrogens is 1. The van der Waals surface area contributed by atoms with Crippen LogP contribution < -0.4 is 5.56 Å². The molecule has 0 atom stereocenters. The molecule has 0 bridgehead atoms. The molecule has 2 aromatic heterocycles. The predicted octanol–water partition coefficient (Wildman–Crippen LogP) is 2.86. The highest BCUT2D eigenvalue weighted by atomic mass is 32.1. The molecular formula is C22H16N4O5S. The van der Waals surface area contributed by atoms with Gasteiger partial charge in [0.15, 0.2) is 4.77 Å². The number of hydrogen-bond donors (Lipinski definition) is 4. The van der Waals surface area contributed by atoms with Crippen LogP contribution >= 0.6 is 12.2 Å². The number of nitrogens with zero attached hydrogens (tertiary/aromatic N) is 3. The second-order valence-corrected chi connectivity index (χ2v) is 7.23. The highest BCUT2D eigenvalue weighted by molar-refractivity contribution is 7.71. The van der Waals surface area contributed by atoms with Gasteiger partial charge >= 0.3 is 5.97 Å². The monoisotopic (exact) mass is 448 g/mol. The number of aromatic amines is 1. The number of carboxylic acids is 1. The zero-order valence-corrected chi connectivity index (χ0v) is 17.2. The Hall–Kier alpha value is -4.31. The molecule has 3 heterocycles. The number of aromatic hydroxyl groups is 2. The molecule has 1 aromatic carbocycles. The minimum Gasteiger partial charge on any atom is -0.507 e. The fourth-order valence-electron chi connectivity index (χ4n) is 3.14. The van der Waals surface area contributed by atoms with Crippen molar-refractivity contribution < 1.29 is 20.1 Å². The van der Waals surface area contributed by atoms with E-state index in [2.05, 4.69) is 15.0 Å². The third kappa shape index (κ3) is 4.12. The molecule has 3 aromatic rings. The molecule has 0 saturated heterocycles. The van der Waals surface area contributed by atoms with Crippen LogP contribution in [0.3, 0.4) is 0 Å². The fraction of sp³-hybridized carbons (Fsp3) is 0.0455. The summed E-state index contributed by atoms with van der Waals surface area (Å²) < 4.78 is 1.41. The molecule has 160 valence electrons. The lowest BCUT2D eigenvalue weighted by molar-refractivity contribution is 0.0693. The fourth-order valence-corrected chi connectivity index (χ4v) is 3.39. The number of pyridine rings is 1. The average Bonchev–Trinajstić information content (AvgIpc) is 3.23. The van der Waals surface area contributed by atoms with Crippen molar-refractivity contribution in [1.82, 2.24) is 14.5 Å². The summed E-state index contributed by atoms with van der Waals surface area (Å²) in [5, 5.41) is 29.7. The number of hydrogen-bond acceptors (Lipinski definition) is 7. The lowest BCUT2D eigenvalue weighted by Crippen LogP contribution is -2.17. The van der Waals surface area contributed by atoms with Gasteiger partial charge in [0.1, 0.15) is 16.9 Å². The second-order valence-electron chi connectivity index (χ2n) is 6.84. The molecule has 4 rings (SSSR count). The number of aliphatic imine (C=N–C) groups is 1. The zero-order valence-electron chi connectivity index (χ0n) is 16.4. The first kappa shape index (κ1) is 20.9. The molecule has 1 aliphatic rings. The number of benzene rings is 1. The van der Waals surface area contributed by atoms with E-state index in [9.17, 15) is 19.8 Å². The smallest absolute Gasteiger partial charge is 0.339 e. The summed E-state index contributed by atoms with van der Waals surface area (Å²) in [7, 11) is 0. The van der Waals surface area contributed by atoms with Crippen molar-refractivity contribution in [1.29, 1.82) is 0 Å². The molecule has 32 heavy (non-hydrogen) atoms. The molecule has 0 spiro atoms. The zero-order chi connectivity index (χ0) is 22.8. The number of allylic oxidation sites excluding steroid dienone is 2. The Labute approximate surface area is 186 Å². The molecule has 0 aliphatic carbocycles. The molecule has 0 saturated carbocycles. The number of nitrogens with one attached hydrogen (secondary N) is 1. The Morgan fingerprint density at radius 1 is 1.19 bits per heavy atom. The number of aromatic nitrogens is 3. The molecule has 0 radical (unpaired) electrons. The van der Waals surface area contributed by atoms with Crippen LogP contribution in [0.5, 0.6) is 11.6 Å². The van der Waals surface area contributed by atoms with E-state index in [1.807, 2.05) is 0 Å². The number of aromatic carboxylic acids is 1. The van der Waals surface area contributed by atoms with Crippen LogP contribution in [0.25, 0.3) is 6.08 Å². The molecular weight excluding hydrogens is 432 g/mol. The van der Waals surface area contributed by atoms with Gasteiger partial charge in [-0.25, -0.2) is 9.79 Å². The van der Waals surface area contributed by atoms with Crippen LogP contribution in [0, 0.1) is 4.77 Å². The lowest BCUT2D eigenvalue weighted by atomic mass is 10.1. The van der Waals surface area contributed by atoms with Crippen molar-refractivity contribution in [3.8, 4) is 11.6 Å². The normalized spacial score (nSPS) is 14.0. The highest BCUT2D eigenvalue weighted by Gasteiger charge is 2.16. The van der Waals surface area contributed by atoms with Gasteiger partial charge in [0, 0.05) is 11.8 Å². The number of carboxylic acid groups (broad SMARTS) is 1. The van der Waals surface area contributed by atoms with Gasteiger partial charge in [-0.15, -0.1) is 0 Å². The van der Waals surface area contributed by atoms with E-state index < -0.39 is 11.5 Å². The summed E-state index contributed by atoms with van der Waals surface area (Å²) in [6.45, 7) is 0.165. The third-order valence-electron chi connectivity index (χ3n) is 4.73. The Kier molecular flexibility index (Phi) is 5.52. The first-order chi connectivity index (χ1) is 15.3. The summed E-state index contributed by atoms with van der Waals surface area (Å²) >= 11 is 5.18. The van der Waals surface area contributed by atoms with Crippen LogP contribution in [0.1, 0.15) is 27.2 Å². The maximum absolute atomic E-state index is 12.4. The highest BCUT2D eigenvalue weighted by Crippen LogP contribution is 2.24. The van der Waals surface area contributed by atoms with Gasteiger partial charge < -0.3 is 15.3 Å². The molecule has 0 unspecified atom stereocenters. The first-order valence-corrected chi connectivity index (χ1v) is 9.75. The van der Waals surface area contributed by atoms with Gasteiger partial charge in [-0.05, 0) is 54.7 Å². The third-order valence-corrected chi connectivity index (χ3v) is 5.05. The molecule has 4 N–H and O–H groups in total. The summed E-state index contributed by atoms with van der Waals surface area (Å²) in [5.41, 5.74) is 1.17. The van der Waals surface area contributed by atoms with Gasteiger partial charge in [-0.2, -0.15) is 0 Å². The maximum Gasteiger partial charge on any atom is 0.339 e. The van der Waals surface area contributed by atoms with Gasteiger partial charge in [-0.3, -0.25) is 19.3 Å². The molecule has 0 amide bonds. The summed E-state index contributed by atoms with van der Waals surface area (Å²) in [5.74, 6) is -1.94. The standard InChI is InChI=1S/C22H16N4O5S/c27-18-9-12(4-6-15(18)21(30)31)17-7-5-13(24-17)10-16-19(28)25-22(32)26(20(16)29)11-14-3-1-2-8-23-14/h1-10,27,29H,11H2,(H,30,31)(H,25,28,32)/b13-10+. The Morgan fingerprint density at radius 3 is 2.69 bits per heavy atom. The minimum atomic E-state index is -1.24. The van der Waals surface area contributed by atoms with Gasteiger partial charge in [0.2, 0.25) is 5.88 Å². The molecule has 10 heteroatoms. The van der Waals surface area contributed by atoms with E-state index in [1.54, 1.807) is 36.5 Å². The van der Waals surface area contributed by atoms with E-state index in [0.29, 0.717) is 22.7 Å². The SMILES string of the molecule is O=C(O)c1ccc(C2=N/C(=C/c3c(O)n(Cc4ccccn4)c(=S)[nH]c3=O)C=C2)cc1O. The topological polar surface area (TPSA) is 141 Å². The molecule has 0 fully saturated rings. The second kappa shape index (κ2) is 8.44. The van der Waals surface area contributed by atoms with Crippen molar-refractivity contribution >= 4 is 30.0 Å². The van der Waals surface area contributed by atoms with E-state index in [-0.39, 0.29) is 34.1 Å². The van der Waals surface area contributed by atoms with Crippen LogP contribution in [0.4, 0.5) is 0 Å². The number of rotatable bonds is 5. The van der Waals surface area contributed by atoms with Gasteiger partial charge in [-0.1, -0.05) is 12.1 Å². The van der Waals surface area contributed by atoms with Crippen LogP contribution in [-0.4, -0.2) is 41.5 Å². The van der Waals surface area contributed by atoms with E-state index >= 15 is 0 Å². The van der Waals surface area contributed by atoms with Crippen LogP contribution in [0.15, 0.2) is 70.2 Å². The Bertz CT molecular complexity index is 1430. The lowest BCUT2D eigenvalue weighted by Gasteiger charge is -2.11. The van der Waals surface area contributed by atoms with E-state index in [4.69, 9.17) is 17.3 Å². The number of phenols is 1. The van der Waals surface area contributed by atoms with E-state index in [0.717, 1.165) is 0 Å². The molecule has 1 aliphatic heterocycles. The average molecular weight is 448 g/mol. The first-order valence-electron chi connectivity index (χ1n) is 9.34. The summed E-state index contributed by atoms with van der Waals surface area (Å²) in [4.78, 5) is 34.6. The minimum absolute atomic E-state index is 0.0248. The Balaban J connectivity index is 1.70. The summed E-state index contributed by atoms with van der Waals surface area (Å²) in [6.07, 6.45) is 6.30. The van der Waals surface area contributed by atoms with Crippen LogP contribution in [0.2, 0.25) is 0 Å². The van der Waals surface area contributed by atoms with Crippen molar-refractivity contribution in [3.63, 3.8) is 0 Å². The van der Waals surface area contributed by atoms with Crippen LogP contribution in [-0.2, 0) is 6.54 Å². The van der Waals surface area contributed by atoms with Gasteiger partial charge in [0.25, 0.3) is 5.56 Å². The van der Waals surface area contributed by atoms with Crippen molar-refractivity contribution in [3.05, 3.63) is 98.0 Å². The summed E-state index contributed by atoms with van der Waals surface area (Å²) in [6, 6.07) is 9.44. The molecule has 9 nitrogen and oxygen atoms in total. The van der Waals surface area contributed by atoms with E-state index in [1.165, 1.54) is 28.8 Å². The predicted molar refractivity (Wildman–Crippen MR) is 120 cm³/mol.